The molecule has 178 valence electrons. The summed E-state index contributed by atoms with van der Waals surface area (Å²) in [4.78, 5) is 39.9. The third-order valence-electron chi connectivity index (χ3n) is 6.79. The van der Waals surface area contributed by atoms with Crippen LogP contribution in [0, 0.1) is 11.3 Å². The topological polar surface area (TPSA) is 81.2 Å². The first kappa shape index (κ1) is 25.4. The summed E-state index contributed by atoms with van der Waals surface area (Å²) in [6.07, 6.45) is 1.51. The van der Waals surface area contributed by atoms with E-state index >= 15 is 0 Å². The van der Waals surface area contributed by atoms with Crippen LogP contribution < -0.4 is 0 Å². The minimum Gasteiger partial charge on any atom is -0.475 e. The molecule has 0 atom stereocenters. The van der Waals surface area contributed by atoms with Crippen molar-refractivity contribution < 1.29 is 32.7 Å². The Morgan fingerprint density at radius 3 is 2.19 bits per heavy atom. The third kappa shape index (κ3) is 7.08. The highest BCUT2D eigenvalue weighted by atomic mass is 19.4. The lowest BCUT2D eigenvalue weighted by Crippen LogP contribution is -2.48. The molecule has 1 N–H and O–H groups in total. The van der Waals surface area contributed by atoms with Crippen molar-refractivity contribution in [1.29, 1.82) is 0 Å². The normalized spacial score (nSPS) is 21.4. The number of hydrogen-bond acceptors (Lipinski definition) is 4. The first-order valence-corrected chi connectivity index (χ1v) is 10.9. The van der Waals surface area contributed by atoms with Crippen LogP contribution in [0.2, 0.25) is 0 Å². The van der Waals surface area contributed by atoms with Gasteiger partial charge in [0.15, 0.2) is 0 Å². The Morgan fingerprint density at radius 1 is 1.23 bits per heavy atom. The summed E-state index contributed by atoms with van der Waals surface area (Å²) in [5.41, 5.74) is 0.140. The Morgan fingerprint density at radius 2 is 1.77 bits per heavy atom. The molecule has 3 aliphatic rings. The van der Waals surface area contributed by atoms with Crippen LogP contribution in [0.3, 0.4) is 0 Å². The highest BCUT2D eigenvalue weighted by Crippen LogP contribution is 2.42. The van der Waals surface area contributed by atoms with Gasteiger partial charge in [0.2, 0.25) is 11.8 Å². The van der Waals surface area contributed by atoms with Crippen LogP contribution in [0.1, 0.15) is 52.4 Å². The van der Waals surface area contributed by atoms with Crippen LogP contribution in [0.5, 0.6) is 0 Å². The Hall–Kier alpha value is -1.84. The second-order valence-corrected chi connectivity index (χ2v) is 9.44. The maximum atomic E-state index is 12.4. The average molecular weight is 450 g/mol. The van der Waals surface area contributed by atoms with E-state index in [4.69, 9.17) is 9.90 Å². The van der Waals surface area contributed by atoms with Crippen LogP contribution in [0.25, 0.3) is 0 Å². The number of rotatable bonds is 5. The number of piperidine rings is 1. The number of likely N-dealkylation sites (N-methyl/N-ethyl adjacent to an activating group) is 1. The molecule has 2 amide bonds. The van der Waals surface area contributed by atoms with Crippen molar-refractivity contribution in [3.8, 4) is 0 Å². The van der Waals surface area contributed by atoms with Gasteiger partial charge in [0.25, 0.3) is 0 Å². The number of halogens is 3. The number of likely N-dealkylation sites (tertiary alicyclic amines) is 2. The molecule has 1 saturated carbocycles. The molecule has 2 heterocycles. The zero-order valence-electron chi connectivity index (χ0n) is 18.6. The number of carbonyl (C=O) groups excluding carboxylic acids is 2. The van der Waals surface area contributed by atoms with E-state index in [9.17, 15) is 22.8 Å². The number of carboxylic acids is 1. The molecule has 1 aliphatic carbocycles. The molecule has 0 aromatic heterocycles. The average Bonchev–Trinajstić information content (AvgIpc) is 2.93. The predicted octanol–water partition coefficient (Wildman–Crippen LogP) is 2.60. The Kier molecular flexibility index (Phi) is 8.35. The van der Waals surface area contributed by atoms with Gasteiger partial charge in [0.05, 0.1) is 6.54 Å². The van der Waals surface area contributed by atoms with Crippen LogP contribution in [-0.4, -0.2) is 89.6 Å². The highest BCUT2D eigenvalue weighted by Gasteiger charge is 2.46. The van der Waals surface area contributed by atoms with Gasteiger partial charge in [-0.05, 0) is 52.5 Å². The molecule has 0 bridgehead atoms. The number of carbonyl (C=O) groups is 3. The summed E-state index contributed by atoms with van der Waals surface area (Å²) in [6, 6.07) is 0.387. The maximum Gasteiger partial charge on any atom is 0.490 e. The second-order valence-electron chi connectivity index (χ2n) is 9.44. The van der Waals surface area contributed by atoms with Gasteiger partial charge >= 0.3 is 12.1 Å². The second kappa shape index (κ2) is 10.2. The van der Waals surface area contributed by atoms with Crippen LogP contribution >= 0.6 is 0 Å². The monoisotopic (exact) mass is 449 g/mol. The van der Waals surface area contributed by atoms with Gasteiger partial charge in [0.1, 0.15) is 0 Å². The third-order valence-corrected chi connectivity index (χ3v) is 6.79. The molecule has 7 nitrogen and oxygen atoms in total. The summed E-state index contributed by atoms with van der Waals surface area (Å²) in [5.74, 6) is -1.43. The van der Waals surface area contributed by atoms with Gasteiger partial charge in [-0.2, -0.15) is 13.2 Å². The molecular formula is C21H34F3N3O4. The van der Waals surface area contributed by atoms with Gasteiger partial charge in [-0.3, -0.25) is 14.5 Å². The molecule has 3 fully saturated rings. The van der Waals surface area contributed by atoms with Crippen molar-refractivity contribution in [2.24, 2.45) is 11.3 Å². The molecule has 0 radical (unpaired) electrons. The van der Waals surface area contributed by atoms with E-state index in [-0.39, 0.29) is 11.3 Å². The lowest BCUT2D eigenvalue weighted by atomic mass is 9.77. The highest BCUT2D eigenvalue weighted by molar-refractivity contribution is 5.80. The van der Waals surface area contributed by atoms with Gasteiger partial charge in [-0.1, -0.05) is 6.42 Å². The number of amides is 2. The SMILES string of the molecule is CC(C)N(C)CC(=O)N1CCC2(CC1)CC(=O)N(CC1CCC1)C2.O=C(O)C(F)(F)F. The van der Waals surface area contributed by atoms with E-state index in [0.29, 0.717) is 24.9 Å². The number of alkyl halides is 3. The van der Waals surface area contributed by atoms with Gasteiger partial charge in [-0.25, -0.2) is 4.79 Å². The number of hydrogen-bond donors (Lipinski definition) is 1. The molecule has 2 saturated heterocycles. The molecule has 3 rings (SSSR count). The minimum absolute atomic E-state index is 0.140. The van der Waals surface area contributed by atoms with E-state index < -0.39 is 12.1 Å². The zero-order valence-corrected chi connectivity index (χ0v) is 18.6. The van der Waals surface area contributed by atoms with Crippen molar-refractivity contribution in [2.45, 2.75) is 64.6 Å². The van der Waals surface area contributed by atoms with Crippen molar-refractivity contribution in [3.05, 3.63) is 0 Å². The van der Waals surface area contributed by atoms with E-state index in [2.05, 4.69) is 23.6 Å². The number of carboxylic acid groups (broad SMARTS) is 1. The Labute approximate surface area is 181 Å². The number of nitrogens with zero attached hydrogens (tertiary/aromatic N) is 3. The van der Waals surface area contributed by atoms with Crippen molar-refractivity contribution in [1.82, 2.24) is 14.7 Å². The molecular weight excluding hydrogens is 415 g/mol. The molecule has 1 spiro atoms. The lowest BCUT2D eigenvalue weighted by molar-refractivity contribution is -0.192. The summed E-state index contributed by atoms with van der Waals surface area (Å²) in [7, 11) is 2.00. The summed E-state index contributed by atoms with van der Waals surface area (Å²) in [5, 5.41) is 7.12. The van der Waals surface area contributed by atoms with Gasteiger partial charge in [-0.15, -0.1) is 0 Å². The first-order chi connectivity index (χ1) is 14.3. The molecule has 2 aliphatic heterocycles. The smallest absolute Gasteiger partial charge is 0.475 e. The molecule has 0 aromatic carbocycles. The fraction of sp³-hybridized carbons (Fsp3) is 0.857. The molecule has 0 unspecified atom stereocenters. The van der Waals surface area contributed by atoms with E-state index in [1.54, 1.807) is 0 Å². The fourth-order valence-corrected chi connectivity index (χ4v) is 4.20. The van der Waals surface area contributed by atoms with E-state index in [1.807, 2.05) is 11.9 Å². The quantitative estimate of drug-likeness (QED) is 0.698. The van der Waals surface area contributed by atoms with Crippen LogP contribution in [0.15, 0.2) is 0 Å². The number of aliphatic carboxylic acids is 1. The van der Waals surface area contributed by atoms with Gasteiger partial charge < -0.3 is 14.9 Å². The Bertz CT molecular complexity index is 657. The molecule has 10 heteroatoms. The van der Waals surface area contributed by atoms with E-state index in [1.165, 1.54) is 19.3 Å². The van der Waals surface area contributed by atoms with Crippen LogP contribution in [-0.2, 0) is 14.4 Å². The standard InChI is InChI=1S/C19H33N3O2.C2HF3O2/c1-15(2)20(3)13-18(24)21-9-7-19(8-10-21)11-17(23)22(14-19)12-16-5-4-6-16;3-2(4,5)1(6)7/h15-16H,4-14H2,1-3H3;(H,6,7). The van der Waals surface area contributed by atoms with Crippen LogP contribution in [0.4, 0.5) is 13.2 Å². The summed E-state index contributed by atoms with van der Waals surface area (Å²) >= 11 is 0. The Balaban J connectivity index is 0.000000423. The molecule has 0 aromatic rings. The lowest BCUT2D eigenvalue weighted by Gasteiger charge is -2.40. The van der Waals surface area contributed by atoms with Crippen molar-refractivity contribution in [2.75, 3.05) is 39.8 Å². The molecule has 31 heavy (non-hydrogen) atoms. The van der Waals surface area contributed by atoms with Gasteiger partial charge in [0, 0.05) is 44.1 Å². The predicted molar refractivity (Wildman–Crippen MR) is 108 cm³/mol. The summed E-state index contributed by atoms with van der Waals surface area (Å²) in [6.45, 7) is 8.25. The van der Waals surface area contributed by atoms with E-state index in [0.717, 1.165) is 44.9 Å². The minimum atomic E-state index is -5.08. The summed E-state index contributed by atoms with van der Waals surface area (Å²) < 4.78 is 31.7. The zero-order chi connectivity index (χ0) is 23.4. The fourth-order valence-electron chi connectivity index (χ4n) is 4.20. The van der Waals surface area contributed by atoms with Crippen molar-refractivity contribution >= 4 is 17.8 Å². The van der Waals surface area contributed by atoms with Crippen molar-refractivity contribution in [3.63, 3.8) is 0 Å². The maximum absolute atomic E-state index is 12.4. The first-order valence-electron chi connectivity index (χ1n) is 10.9. The largest absolute Gasteiger partial charge is 0.490 e.